The number of ether oxygens (including phenoxy) is 2. The topological polar surface area (TPSA) is 96.0 Å². The first-order valence-electron chi connectivity index (χ1n) is 7.81. The summed E-state index contributed by atoms with van der Waals surface area (Å²) in [4.78, 5) is 31.5. The van der Waals surface area contributed by atoms with Crippen molar-refractivity contribution in [3.8, 4) is 11.5 Å². The van der Waals surface area contributed by atoms with E-state index >= 15 is 0 Å². The van der Waals surface area contributed by atoms with Gasteiger partial charge in [-0.05, 0) is 29.8 Å². The van der Waals surface area contributed by atoms with Crippen molar-refractivity contribution in [2.75, 3.05) is 13.3 Å². The number of esters is 2. The predicted octanol–water partition coefficient (Wildman–Crippen LogP) is 3.70. The fraction of sp³-hybridized carbons (Fsp3) is 0.211. The largest absolute Gasteiger partial charge is 0.426 e. The van der Waals surface area contributed by atoms with E-state index < -0.39 is 19.3 Å². The molecule has 0 aromatic heterocycles. The second-order valence-corrected chi connectivity index (χ2v) is 8.41. The maximum absolute atomic E-state index is 12.4. The molecule has 0 bridgehead atoms. The lowest BCUT2D eigenvalue weighted by Gasteiger charge is -2.11. The molecule has 0 aliphatic carbocycles. The summed E-state index contributed by atoms with van der Waals surface area (Å²) in [6.07, 6.45) is 0. The van der Waals surface area contributed by atoms with Crippen molar-refractivity contribution in [1.82, 2.24) is 0 Å². The highest BCUT2D eigenvalue weighted by Crippen LogP contribution is 2.38. The molecule has 0 spiro atoms. The van der Waals surface area contributed by atoms with Gasteiger partial charge in [0.05, 0.1) is 6.61 Å². The number of carbonyl (C=O) groups excluding carboxylic acids is 3. The van der Waals surface area contributed by atoms with Gasteiger partial charge in [-0.25, -0.2) is 4.79 Å². The van der Waals surface area contributed by atoms with Crippen molar-refractivity contribution in [2.45, 2.75) is 13.5 Å². The molecule has 0 amide bonds. The molecule has 0 N–H and O–H groups in total. The molecular formula is C19H21O7P. The number of para-hydroxylation sites is 1. The van der Waals surface area contributed by atoms with E-state index in [1.54, 1.807) is 36.4 Å². The number of carbonyl (C=O) groups is 3. The fourth-order valence-electron chi connectivity index (χ4n) is 1.97. The van der Waals surface area contributed by atoms with Gasteiger partial charge in [-0.15, -0.1) is 0 Å². The van der Waals surface area contributed by atoms with Crippen LogP contribution in [0, 0.1) is 0 Å². The van der Waals surface area contributed by atoms with Crippen LogP contribution >= 0.6 is 7.37 Å². The van der Waals surface area contributed by atoms with E-state index in [2.05, 4.69) is 0 Å². The van der Waals surface area contributed by atoms with Crippen LogP contribution in [0.3, 0.4) is 0 Å². The summed E-state index contributed by atoms with van der Waals surface area (Å²) >= 11 is 0. The van der Waals surface area contributed by atoms with E-state index in [9.17, 15) is 14.2 Å². The minimum Gasteiger partial charge on any atom is -0.426 e. The van der Waals surface area contributed by atoms with Gasteiger partial charge in [0, 0.05) is 20.3 Å². The van der Waals surface area contributed by atoms with Crippen LogP contribution in [-0.2, 0) is 25.3 Å². The van der Waals surface area contributed by atoms with E-state index in [1.807, 2.05) is 6.79 Å². The fourth-order valence-corrected chi connectivity index (χ4v) is 2.43. The van der Waals surface area contributed by atoms with Crippen LogP contribution in [0.2, 0.25) is 0 Å². The maximum Gasteiger partial charge on any atom is 0.347 e. The van der Waals surface area contributed by atoms with Crippen molar-refractivity contribution < 1.29 is 32.9 Å². The van der Waals surface area contributed by atoms with Gasteiger partial charge in [-0.3, -0.25) is 9.36 Å². The Morgan fingerprint density at radius 1 is 1.00 bits per heavy atom. The minimum atomic E-state index is -2.60. The third kappa shape index (κ3) is 7.98. The lowest BCUT2D eigenvalue weighted by molar-refractivity contribution is -0.131. The monoisotopic (exact) mass is 392 g/mol. The van der Waals surface area contributed by atoms with Gasteiger partial charge >= 0.3 is 11.9 Å². The van der Waals surface area contributed by atoms with Crippen molar-refractivity contribution in [2.24, 2.45) is 0 Å². The third-order valence-electron chi connectivity index (χ3n) is 3.01. The molecule has 0 atom stereocenters. The molecule has 0 saturated carbocycles. The molecule has 2 rings (SSSR count). The van der Waals surface area contributed by atoms with Crippen molar-refractivity contribution >= 4 is 26.1 Å². The maximum atomic E-state index is 12.4. The van der Waals surface area contributed by atoms with Crippen molar-refractivity contribution in [3.05, 3.63) is 59.7 Å². The second kappa shape index (κ2) is 10.4. The molecule has 8 heteroatoms. The molecule has 0 fully saturated rings. The van der Waals surface area contributed by atoms with Gasteiger partial charge < -0.3 is 18.8 Å². The normalized spacial score (nSPS) is 10.3. The summed E-state index contributed by atoms with van der Waals surface area (Å²) in [5.41, 5.74) is 0.869. The Hall–Kier alpha value is -2.76. The van der Waals surface area contributed by atoms with Crippen LogP contribution in [-0.4, -0.2) is 32.1 Å². The number of hydrogen-bond acceptors (Lipinski definition) is 7. The average molecular weight is 392 g/mol. The number of hydrogen-bond donors (Lipinski definition) is 0. The summed E-state index contributed by atoms with van der Waals surface area (Å²) in [6, 6.07) is 13.1. The average Bonchev–Trinajstić information content (AvgIpc) is 2.61. The molecule has 7 nitrogen and oxygen atoms in total. The zero-order valence-electron chi connectivity index (χ0n) is 15.3. The molecule has 0 saturated heterocycles. The van der Waals surface area contributed by atoms with E-state index in [-0.39, 0.29) is 17.9 Å². The van der Waals surface area contributed by atoms with Crippen LogP contribution in [0.1, 0.15) is 22.8 Å². The lowest BCUT2D eigenvalue weighted by atomic mass is 10.2. The SMILES string of the molecule is C=O.CC(=O)Oc1ccccc1C(=O)Oc1cccc(COP(C)(C)=O)c1. The van der Waals surface area contributed by atoms with E-state index in [4.69, 9.17) is 18.8 Å². The standard InChI is InChI=1S/C18H19O6P.CH2O/c1-13(19)23-17-10-5-4-9-16(17)18(20)24-15-8-6-7-14(11-15)12-22-25(2,3)21;1-2/h4-11H,12H2,1-3H3;1H2. The molecule has 0 radical (unpaired) electrons. The third-order valence-corrected chi connectivity index (χ3v) is 3.76. The van der Waals surface area contributed by atoms with Crippen LogP contribution in [0.4, 0.5) is 0 Å². The van der Waals surface area contributed by atoms with Gasteiger partial charge in [0.15, 0.2) is 7.37 Å². The second-order valence-electron chi connectivity index (χ2n) is 5.65. The smallest absolute Gasteiger partial charge is 0.347 e. The first-order valence-corrected chi connectivity index (χ1v) is 10.3. The predicted molar refractivity (Wildman–Crippen MR) is 101 cm³/mol. The summed E-state index contributed by atoms with van der Waals surface area (Å²) in [7, 11) is -2.60. The van der Waals surface area contributed by atoms with Gasteiger partial charge in [-0.2, -0.15) is 0 Å². The summed E-state index contributed by atoms with van der Waals surface area (Å²) in [5.74, 6) is -0.724. The molecule has 0 aliphatic rings. The summed E-state index contributed by atoms with van der Waals surface area (Å²) in [5, 5.41) is 0. The first kappa shape index (κ1) is 22.3. The van der Waals surface area contributed by atoms with E-state index in [0.29, 0.717) is 5.75 Å². The molecule has 144 valence electrons. The Morgan fingerprint density at radius 2 is 1.67 bits per heavy atom. The lowest BCUT2D eigenvalue weighted by Crippen LogP contribution is -2.12. The minimum absolute atomic E-state index is 0.136. The van der Waals surface area contributed by atoms with E-state index in [1.165, 1.54) is 32.4 Å². The van der Waals surface area contributed by atoms with Gasteiger partial charge in [0.25, 0.3) is 0 Å². The van der Waals surface area contributed by atoms with Crippen LogP contribution in [0.25, 0.3) is 0 Å². The number of benzene rings is 2. The van der Waals surface area contributed by atoms with Crippen LogP contribution in [0.5, 0.6) is 11.5 Å². The summed E-state index contributed by atoms with van der Waals surface area (Å²) in [6.45, 7) is 6.47. The zero-order chi connectivity index (χ0) is 20.4. The Bertz CT molecular complexity index is 841. The molecule has 2 aromatic rings. The highest BCUT2D eigenvalue weighted by atomic mass is 31.2. The Balaban J connectivity index is 0.00000176. The highest BCUT2D eigenvalue weighted by molar-refractivity contribution is 7.57. The quantitative estimate of drug-likeness (QED) is 0.420. The first-order chi connectivity index (χ1) is 12.7. The van der Waals surface area contributed by atoms with Crippen LogP contribution in [0.15, 0.2) is 48.5 Å². The Kier molecular flexibility index (Phi) is 8.59. The van der Waals surface area contributed by atoms with Gasteiger partial charge in [0.1, 0.15) is 23.9 Å². The highest BCUT2D eigenvalue weighted by Gasteiger charge is 2.16. The van der Waals surface area contributed by atoms with Crippen LogP contribution < -0.4 is 9.47 Å². The zero-order valence-corrected chi connectivity index (χ0v) is 16.2. The Labute approximate surface area is 157 Å². The number of rotatable bonds is 6. The molecule has 0 unspecified atom stereocenters. The van der Waals surface area contributed by atoms with Gasteiger partial charge in [-0.1, -0.05) is 24.3 Å². The van der Waals surface area contributed by atoms with Gasteiger partial charge in [0.2, 0.25) is 0 Å². The molecule has 27 heavy (non-hydrogen) atoms. The molecule has 0 aliphatic heterocycles. The van der Waals surface area contributed by atoms with Crippen molar-refractivity contribution in [1.29, 1.82) is 0 Å². The van der Waals surface area contributed by atoms with E-state index in [0.717, 1.165) is 5.56 Å². The molecule has 0 heterocycles. The molecular weight excluding hydrogens is 371 g/mol. The molecule has 2 aromatic carbocycles. The Morgan fingerprint density at radius 3 is 2.30 bits per heavy atom. The summed E-state index contributed by atoms with van der Waals surface area (Å²) < 4.78 is 27.2. The van der Waals surface area contributed by atoms with Crippen molar-refractivity contribution in [3.63, 3.8) is 0 Å².